The van der Waals surface area contributed by atoms with Crippen molar-refractivity contribution in [2.75, 3.05) is 0 Å². The van der Waals surface area contributed by atoms with Gasteiger partial charge in [0.2, 0.25) is 0 Å². The quantitative estimate of drug-likeness (QED) is 0.343. The molecular formula is C16H18FN3O. The monoisotopic (exact) mass is 287 g/mol. The summed E-state index contributed by atoms with van der Waals surface area (Å²) in [6.07, 6.45) is 0. The third kappa shape index (κ3) is 3.58. The summed E-state index contributed by atoms with van der Waals surface area (Å²) in [4.78, 5) is 0. The molecule has 0 unspecified atom stereocenters. The molecule has 4 N–H and O–H groups in total. The van der Waals surface area contributed by atoms with Gasteiger partial charge in [0.15, 0.2) is 5.84 Å². The largest absolute Gasteiger partial charge is 0.409 e. The average Bonchev–Trinajstić information content (AvgIpc) is 2.53. The van der Waals surface area contributed by atoms with Crippen molar-refractivity contribution in [2.24, 2.45) is 10.9 Å². The molecule has 21 heavy (non-hydrogen) atoms. The van der Waals surface area contributed by atoms with Crippen molar-refractivity contribution < 1.29 is 9.60 Å². The molecule has 0 fully saturated rings. The molecule has 0 aliphatic heterocycles. The first-order chi connectivity index (χ1) is 10.1. The zero-order valence-corrected chi connectivity index (χ0v) is 11.8. The van der Waals surface area contributed by atoms with Gasteiger partial charge < -0.3 is 16.3 Å². The fourth-order valence-electron chi connectivity index (χ4n) is 2.09. The van der Waals surface area contributed by atoms with Crippen LogP contribution in [0.5, 0.6) is 0 Å². The van der Waals surface area contributed by atoms with Crippen LogP contribution in [-0.4, -0.2) is 11.0 Å². The van der Waals surface area contributed by atoms with Gasteiger partial charge in [-0.05, 0) is 18.6 Å². The van der Waals surface area contributed by atoms with Crippen LogP contribution < -0.4 is 11.1 Å². The Kier molecular flexibility index (Phi) is 4.90. The minimum absolute atomic E-state index is 0.0955. The Morgan fingerprint density at radius 3 is 2.62 bits per heavy atom. The first-order valence-electron chi connectivity index (χ1n) is 6.67. The first kappa shape index (κ1) is 15.0. The molecule has 2 rings (SSSR count). The number of nitrogens with two attached hydrogens (primary N) is 1. The lowest BCUT2D eigenvalue weighted by Crippen LogP contribution is -2.21. The van der Waals surface area contributed by atoms with E-state index < -0.39 is 5.82 Å². The van der Waals surface area contributed by atoms with Crippen LogP contribution in [-0.2, 0) is 6.54 Å². The molecule has 0 saturated heterocycles. The summed E-state index contributed by atoms with van der Waals surface area (Å²) in [6, 6.07) is 14.8. The van der Waals surface area contributed by atoms with E-state index in [0.717, 1.165) is 5.56 Å². The molecule has 4 nitrogen and oxygen atoms in total. The molecule has 1 atom stereocenters. The van der Waals surface area contributed by atoms with Gasteiger partial charge in [-0.3, -0.25) is 0 Å². The van der Waals surface area contributed by atoms with Crippen LogP contribution in [0.4, 0.5) is 4.39 Å². The summed E-state index contributed by atoms with van der Waals surface area (Å²) >= 11 is 0. The summed E-state index contributed by atoms with van der Waals surface area (Å²) in [5.41, 5.74) is 7.16. The Hall–Kier alpha value is -2.40. The van der Waals surface area contributed by atoms with E-state index in [-0.39, 0.29) is 17.4 Å². The van der Waals surface area contributed by atoms with Crippen LogP contribution in [0.25, 0.3) is 0 Å². The summed E-state index contributed by atoms with van der Waals surface area (Å²) in [7, 11) is 0. The van der Waals surface area contributed by atoms with Gasteiger partial charge in [-0.2, -0.15) is 0 Å². The standard InChI is InChI=1S/C16H18FN3O/c1-11(12-6-3-2-4-7-12)19-10-13-8-5-9-14(15(13)17)16(18)20-21/h2-9,11,19,21H,10H2,1H3,(H2,18,20)/t11-/m0/s1. The molecule has 0 radical (unpaired) electrons. The van der Waals surface area contributed by atoms with Crippen LogP contribution >= 0.6 is 0 Å². The van der Waals surface area contributed by atoms with Crippen LogP contribution in [0.15, 0.2) is 53.7 Å². The molecule has 0 aliphatic carbocycles. The Balaban J connectivity index is 2.11. The topological polar surface area (TPSA) is 70.6 Å². The lowest BCUT2D eigenvalue weighted by molar-refractivity contribution is 0.318. The second-order valence-electron chi connectivity index (χ2n) is 4.78. The zero-order chi connectivity index (χ0) is 15.2. The van der Waals surface area contributed by atoms with Crippen molar-refractivity contribution in [3.05, 3.63) is 71.0 Å². The molecule has 2 aromatic rings. The highest BCUT2D eigenvalue weighted by molar-refractivity contribution is 5.97. The maximum Gasteiger partial charge on any atom is 0.173 e. The molecule has 0 spiro atoms. The number of amidine groups is 1. The van der Waals surface area contributed by atoms with Crippen LogP contribution in [0.1, 0.15) is 29.7 Å². The van der Waals surface area contributed by atoms with E-state index in [9.17, 15) is 4.39 Å². The molecule has 0 aliphatic rings. The van der Waals surface area contributed by atoms with E-state index in [2.05, 4.69) is 10.5 Å². The van der Waals surface area contributed by atoms with E-state index in [1.54, 1.807) is 12.1 Å². The van der Waals surface area contributed by atoms with E-state index in [1.165, 1.54) is 6.07 Å². The Labute approximate surface area is 123 Å². The molecule has 0 aromatic heterocycles. The van der Waals surface area contributed by atoms with Crippen molar-refractivity contribution in [1.82, 2.24) is 5.32 Å². The molecule has 0 heterocycles. The van der Waals surface area contributed by atoms with Crippen molar-refractivity contribution >= 4 is 5.84 Å². The van der Waals surface area contributed by atoms with Crippen molar-refractivity contribution in [3.63, 3.8) is 0 Å². The van der Waals surface area contributed by atoms with Crippen LogP contribution in [0.2, 0.25) is 0 Å². The number of rotatable bonds is 5. The minimum Gasteiger partial charge on any atom is -0.409 e. The fraction of sp³-hybridized carbons (Fsp3) is 0.188. The van der Waals surface area contributed by atoms with Gasteiger partial charge in [-0.25, -0.2) is 4.39 Å². The molecule has 110 valence electrons. The number of halogens is 1. The number of nitrogens with one attached hydrogen (secondary N) is 1. The smallest absolute Gasteiger partial charge is 0.173 e. The fourth-order valence-corrected chi connectivity index (χ4v) is 2.09. The van der Waals surface area contributed by atoms with Gasteiger partial charge in [0, 0.05) is 18.2 Å². The summed E-state index contributed by atoms with van der Waals surface area (Å²) < 4.78 is 14.3. The summed E-state index contributed by atoms with van der Waals surface area (Å²) in [5.74, 6) is -0.703. The van der Waals surface area contributed by atoms with Crippen molar-refractivity contribution in [2.45, 2.75) is 19.5 Å². The number of benzene rings is 2. The Morgan fingerprint density at radius 2 is 1.95 bits per heavy atom. The third-order valence-electron chi connectivity index (χ3n) is 3.36. The van der Waals surface area contributed by atoms with Crippen LogP contribution in [0.3, 0.4) is 0 Å². The number of hydrogen-bond donors (Lipinski definition) is 3. The normalized spacial score (nSPS) is 13.1. The van der Waals surface area contributed by atoms with Gasteiger partial charge in [-0.1, -0.05) is 47.6 Å². The number of hydrogen-bond acceptors (Lipinski definition) is 3. The van der Waals surface area contributed by atoms with Gasteiger partial charge in [0.25, 0.3) is 0 Å². The Bertz CT molecular complexity index is 629. The first-order valence-corrected chi connectivity index (χ1v) is 6.67. The number of nitrogens with zero attached hydrogens (tertiary/aromatic N) is 1. The molecule has 0 bridgehead atoms. The van der Waals surface area contributed by atoms with Crippen molar-refractivity contribution in [1.29, 1.82) is 0 Å². The molecule has 0 amide bonds. The molecular weight excluding hydrogens is 269 g/mol. The van der Waals surface area contributed by atoms with E-state index in [4.69, 9.17) is 10.9 Å². The van der Waals surface area contributed by atoms with E-state index in [1.807, 2.05) is 37.3 Å². The van der Waals surface area contributed by atoms with Gasteiger partial charge in [-0.15, -0.1) is 0 Å². The molecule has 5 heteroatoms. The zero-order valence-electron chi connectivity index (χ0n) is 11.8. The summed E-state index contributed by atoms with van der Waals surface area (Å²) in [6.45, 7) is 2.37. The highest BCUT2D eigenvalue weighted by Crippen LogP contribution is 2.16. The van der Waals surface area contributed by atoms with Crippen molar-refractivity contribution in [3.8, 4) is 0 Å². The molecule has 2 aromatic carbocycles. The number of oxime groups is 1. The minimum atomic E-state index is -0.472. The summed E-state index contributed by atoms with van der Waals surface area (Å²) in [5, 5.41) is 14.7. The maximum atomic E-state index is 14.3. The predicted octanol–water partition coefficient (Wildman–Crippen LogP) is 2.77. The Morgan fingerprint density at radius 1 is 1.24 bits per heavy atom. The second kappa shape index (κ2) is 6.85. The van der Waals surface area contributed by atoms with Gasteiger partial charge >= 0.3 is 0 Å². The second-order valence-corrected chi connectivity index (χ2v) is 4.78. The van der Waals surface area contributed by atoms with Gasteiger partial charge in [0.05, 0.1) is 5.56 Å². The highest BCUT2D eigenvalue weighted by atomic mass is 19.1. The molecule has 0 saturated carbocycles. The lowest BCUT2D eigenvalue weighted by Gasteiger charge is -2.15. The predicted molar refractivity (Wildman–Crippen MR) is 80.6 cm³/mol. The van der Waals surface area contributed by atoms with E-state index in [0.29, 0.717) is 12.1 Å². The maximum absolute atomic E-state index is 14.3. The SMILES string of the molecule is C[C@H](NCc1cccc(/C(N)=N/O)c1F)c1ccccc1. The van der Waals surface area contributed by atoms with Crippen LogP contribution in [0, 0.1) is 5.82 Å². The van der Waals surface area contributed by atoms with Gasteiger partial charge in [0.1, 0.15) is 5.82 Å². The average molecular weight is 287 g/mol. The van der Waals surface area contributed by atoms with E-state index >= 15 is 0 Å². The lowest BCUT2D eigenvalue weighted by atomic mass is 10.1. The highest BCUT2D eigenvalue weighted by Gasteiger charge is 2.12. The third-order valence-corrected chi connectivity index (χ3v) is 3.36.